The summed E-state index contributed by atoms with van der Waals surface area (Å²) in [4.78, 5) is 0. The standard InChI is InChI=1S/C12H11.C10H14.Na/c1-2-10-7-5-8-11-6-3-4-9-12(10)11;1-8(2)10-6-4-5-9(3)7-10;/h3-8H,2H2,1H3;4-8H,1-3H3;/q-1;;+1. The Bertz CT molecular complexity index is 723. The summed E-state index contributed by atoms with van der Waals surface area (Å²) in [5, 5.41) is 2.55. The molecule has 0 aromatic heterocycles. The third-order valence-electron chi connectivity index (χ3n) is 3.87. The van der Waals surface area contributed by atoms with Gasteiger partial charge in [0, 0.05) is 0 Å². The van der Waals surface area contributed by atoms with Gasteiger partial charge in [-0.3, -0.25) is 0 Å². The molecule has 0 amide bonds. The van der Waals surface area contributed by atoms with Crippen molar-refractivity contribution in [2.75, 3.05) is 0 Å². The summed E-state index contributed by atoms with van der Waals surface area (Å²) < 4.78 is 0. The molecule has 0 atom stereocenters. The predicted molar refractivity (Wildman–Crippen MR) is 97.4 cm³/mol. The summed E-state index contributed by atoms with van der Waals surface area (Å²) >= 11 is 0. The van der Waals surface area contributed by atoms with Crippen molar-refractivity contribution in [1.29, 1.82) is 0 Å². The first-order valence-corrected chi connectivity index (χ1v) is 8.06. The van der Waals surface area contributed by atoms with Gasteiger partial charge < -0.3 is 0 Å². The summed E-state index contributed by atoms with van der Waals surface area (Å²) in [6.45, 7) is 8.74. The molecule has 0 saturated heterocycles. The second-order valence-corrected chi connectivity index (χ2v) is 5.97. The van der Waals surface area contributed by atoms with Gasteiger partial charge in [-0.1, -0.05) is 69.2 Å². The summed E-state index contributed by atoms with van der Waals surface area (Å²) in [6, 6.07) is 24.5. The van der Waals surface area contributed by atoms with Gasteiger partial charge in [0.25, 0.3) is 0 Å². The Balaban J connectivity index is 0.000000224. The molecule has 3 aromatic rings. The van der Waals surface area contributed by atoms with E-state index in [-0.39, 0.29) is 29.6 Å². The summed E-state index contributed by atoms with van der Waals surface area (Å²) in [5.41, 5.74) is 4.17. The van der Waals surface area contributed by atoms with E-state index >= 15 is 0 Å². The molecule has 0 aliphatic rings. The minimum Gasteiger partial charge on any atom is -0.147 e. The van der Waals surface area contributed by atoms with Crippen molar-refractivity contribution in [3.63, 3.8) is 0 Å². The fraction of sp³-hybridized carbons (Fsp3) is 0.273. The smallest absolute Gasteiger partial charge is 0.147 e. The van der Waals surface area contributed by atoms with Crippen LogP contribution in [-0.2, 0) is 6.42 Å². The Morgan fingerprint density at radius 1 is 0.957 bits per heavy atom. The predicted octanol–water partition coefficient (Wildman–Crippen LogP) is 3.32. The molecule has 114 valence electrons. The van der Waals surface area contributed by atoms with Crippen LogP contribution in [0, 0.1) is 13.0 Å². The maximum absolute atomic E-state index is 3.27. The first-order chi connectivity index (χ1) is 10.6. The van der Waals surface area contributed by atoms with E-state index in [2.05, 4.69) is 82.3 Å². The van der Waals surface area contributed by atoms with E-state index in [1.54, 1.807) is 0 Å². The molecule has 0 spiro atoms. The van der Waals surface area contributed by atoms with Gasteiger partial charge in [0.15, 0.2) is 0 Å². The Labute approximate surface area is 163 Å². The second kappa shape index (κ2) is 9.93. The number of fused-ring (bicyclic) bond motifs is 1. The van der Waals surface area contributed by atoms with E-state index in [9.17, 15) is 0 Å². The largest absolute Gasteiger partial charge is 1.00 e. The van der Waals surface area contributed by atoms with Crippen LogP contribution in [-0.4, -0.2) is 0 Å². The van der Waals surface area contributed by atoms with Crippen LogP contribution in [0.2, 0.25) is 0 Å². The molecule has 3 rings (SSSR count). The Kier molecular flexibility index (Phi) is 8.62. The zero-order valence-corrected chi connectivity index (χ0v) is 17.1. The van der Waals surface area contributed by atoms with Crippen LogP contribution in [0.3, 0.4) is 0 Å². The third-order valence-corrected chi connectivity index (χ3v) is 3.87. The fourth-order valence-corrected chi connectivity index (χ4v) is 2.54. The Morgan fingerprint density at radius 2 is 1.65 bits per heavy atom. The van der Waals surface area contributed by atoms with E-state index in [1.165, 1.54) is 27.5 Å². The maximum atomic E-state index is 3.27. The molecule has 0 heterocycles. The third kappa shape index (κ3) is 5.80. The molecule has 0 bridgehead atoms. The molecule has 0 fully saturated rings. The van der Waals surface area contributed by atoms with Gasteiger partial charge in [0.05, 0.1) is 0 Å². The number of aryl methyl sites for hydroxylation is 2. The SMILES string of the molecule is CCc1cccc2ccc[c-]c12.Cc1cccc(C(C)C)c1.[Na+]. The number of benzene rings is 3. The van der Waals surface area contributed by atoms with Gasteiger partial charge in [-0.05, 0) is 18.4 Å². The van der Waals surface area contributed by atoms with E-state index in [0.29, 0.717) is 5.92 Å². The van der Waals surface area contributed by atoms with Crippen molar-refractivity contribution in [2.45, 2.75) is 40.0 Å². The van der Waals surface area contributed by atoms with Gasteiger partial charge in [-0.15, -0.1) is 46.7 Å². The van der Waals surface area contributed by atoms with Crippen molar-refractivity contribution in [3.05, 3.63) is 83.4 Å². The van der Waals surface area contributed by atoms with Crippen molar-refractivity contribution < 1.29 is 29.6 Å². The van der Waals surface area contributed by atoms with E-state index in [0.717, 1.165) is 6.42 Å². The summed E-state index contributed by atoms with van der Waals surface area (Å²) in [7, 11) is 0. The molecular weight excluding hydrogens is 287 g/mol. The van der Waals surface area contributed by atoms with Crippen LogP contribution in [0.15, 0.2) is 60.7 Å². The molecule has 23 heavy (non-hydrogen) atoms. The molecule has 0 radical (unpaired) electrons. The average molecular weight is 312 g/mol. The molecule has 0 nitrogen and oxygen atoms in total. The number of hydrogen-bond donors (Lipinski definition) is 0. The van der Waals surface area contributed by atoms with E-state index in [1.807, 2.05) is 12.1 Å². The monoisotopic (exact) mass is 312 g/mol. The topological polar surface area (TPSA) is 0 Å². The van der Waals surface area contributed by atoms with Crippen molar-refractivity contribution >= 4 is 10.8 Å². The maximum Gasteiger partial charge on any atom is 1.00 e. The van der Waals surface area contributed by atoms with Gasteiger partial charge in [0.1, 0.15) is 0 Å². The molecule has 0 saturated carbocycles. The van der Waals surface area contributed by atoms with Gasteiger partial charge in [-0.25, -0.2) is 0 Å². The zero-order valence-electron chi connectivity index (χ0n) is 15.1. The van der Waals surface area contributed by atoms with Crippen LogP contribution in [0.25, 0.3) is 10.8 Å². The Hall–Kier alpha value is -1.08. The molecule has 0 aliphatic heterocycles. The normalized spacial score (nSPS) is 9.96. The molecule has 3 aromatic carbocycles. The van der Waals surface area contributed by atoms with E-state index < -0.39 is 0 Å². The van der Waals surface area contributed by atoms with Crippen molar-refractivity contribution in [3.8, 4) is 0 Å². The van der Waals surface area contributed by atoms with Crippen molar-refractivity contribution in [1.82, 2.24) is 0 Å². The summed E-state index contributed by atoms with van der Waals surface area (Å²) in [6.07, 6.45) is 1.08. The molecular formula is C22H25Na. The van der Waals surface area contributed by atoms with Gasteiger partial charge >= 0.3 is 29.6 Å². The molecule has 0 aliphatic carbocycles. The second-order valence-electron chi connectivity index (χ2n) is 5.97. The first-order valence-electron chi connectivity index (χ1n) is 8.06. The average Bonchev–Trinajstić information content (AvgIpc) is 2.55. The quantitative estimate of drug-likeness (QED) is 0.503. The van der Waals surface area contributed by atoms with Crippen molar-refractivity contribution in [2.24, 2.45) is 0 Å². The molecule has 0 unspecified atom stereocenters. The Morgan fingerprint density at radius 3 is 2.26 bits per heavy atom. The van der Waals surface area contributed by atoms with Crippen LogP contribution >= 0.6 is 0 Å². The zero-order chi connectivity index (χ0) is 15.9. The van der Waals surface area contributed by atoms with Crippen LogP contribution in [0.5, 0.6) is 0 Å². The minimum atomic E-state index is 0. The van der Waals surface area contributed by atoms with Crippen LogP contribution in [0.4, 0.5) is 0 Å². The number of rotatable bonds is 2. The van der Waals surface area contributed by atoms with Crippen LogP contribution < -0.4 is 29.6 Å². The minimum absolute atomic E-state index is 0. The van der Waals surface area contributed by atoms with Gasteiger partial charge in [0.2, 0.25) is 0 Å². The van der Waals surface area contributed by atoms with Gasteiger partial charge in [-0.2, -0.15) is 0 Å². The van der Waals surface area contributed by atoms with Crippen LogP contribution in [0.1, 0.15) is 43.4 Å². The molecule has 1 heteroatoms. The summed E-state index contributed by atoms with van der Waals surface area (Å²) in [5.74, 6) is 0.653. The molecule has 0 N–H and O–H groups in total. The fourth-order valence-electron chi connectivity index (χ4n) is 2.54. The first kappa shape index (κ1) is 20.0. The van der Waals surface area contributed by atoms with E-state index in [4.69, 9.17) is 0 Å². The number of hydrogen-bond acceptors (Lipinski definition) is 0.